The Morgan fingerprint density at radius 3 is 2.76 bits per heavy atom. The molecule has 13 heteroatoms. The van der Waals surface area contributed by atoms with Crippen molar-refractivity contribution >= 4 is 44.6 Å². The van der Waals surface area contributed by atoms with Crippen LogP contribution in [0, 0.1) is 5.82 Å². The van der Waals surface area contributed by atoms with Crippen molar-refractivity contribution in [2.45, 2.75) is 18.7 Å². The Bertz CT molecular complexity index is 1150. The molecule has 1 aromatic carbocycles. The SMILES string of the molecule is C[C@H]1COCCN1c1cc(CS(C)(O)O)nc(-c2cnc(NC(=O)Nc3ccc(F)cc3)s2)n1. The smallest absolute Gasteiger partial charge is 0.325 e. The van der Waals surface area contributed by atoms with E-state index in [1.807, 2.05) is 6.92 Å². The van der Waals surface area contributed by atoms with E-state index in [1.165, 1.54) is 41.9 Å². The summed E-state index contributed by atoms with van der Waals surface area (Å²) in [6.45, 7) is 3.82. The van der Waals surface area contributed by atoms with Crippen LogP contribution in [0.1, 0.15) is 12.6 Å². The number of nitrogens with one attached hydrogen (secondary N) is 2. The van der Waals surface area contributed by atoms with Crippen LogP contribution in [0.25, 0.3) is 10.7 Å². The lowest BCUT2D eigenvalue weighted by Gasteiger charge is -2.35. The van der Waals surface area contributed by atoms with Gasteiger partial charge < -0.3 is 15.0 Å². The molecule has 10 nitrogen and oxygen atoms in total. The number of aromatic nitrogens is 3. The molecule has 0 spiro atoms. The van der Waals surface area contributed by atoms with E-state index in [0.29, 0.717) is 52.8 Å². The molecule has 0 unspecified atom stereocenters. The second-order valence-electron chi connectivity index (χ2n) is 7.91. The van der Waals surface area contributed by atoms with Crippen LogP contribution in [0.3, 0.4) is 0 Å². The van der Waals surface area contributed by atoms with Crippen LogP contribution in [0.4, 0.5) is 25.8 Å². The average molecular weight is 509 g/mol. The van der Waals surface area contributed by atoms with E-state index in [4.69, 9.17) is 4.74 Å². The number of rotatable bonds is 6. The van der Waals surface area contributed by atoms with Gasteiger partial charge in [-0.2, -0.15) is 10.6 Å². The topological polar surface area (TPSA) is 133 Å². The normalized spacial score (nSPS) is 16.9. The van der Waals surface area contributed by atoms with E-state index >= 15 is 0 Å². The molecule has 1 aliphatic rings. The number of ether oxygens (including phenoxy) is 1. The summed E-state index contributed by atoms with van der Waals surface area (Å²) in [7, 11) is -2.81. The molecule has 1 fully saturated rings. The lowest BCUT2D eigenvalue weighted by molar-refractivity contribution is 0.0985. The van der Waals surface area contributed by atoms with Crippen molar-refractivity contribution in [2.75, 3.05) is 41.5 Å². The van der Waals surface area contributed by atoms with E-state index in [1.54, 1.807) is 12.3 Å². The molecule has 2 aromatic heterocycles. The maximum atomic E-state index is 13.0. The summed E-state index contributed by atoms with van der Waals surface area (Å²) in [4.78, 5) is 28.4. The molecule has 0 radical (unpaired) electrons. The zero-order chi connectivity index (χ0) is 24.3. The molecule has 4 N–H and O–H groups in total. The number of amides is 2. The maximum absolute atomic E-state index is 13.0. The Morgan fingerprint density at radius 2 is 2.06 bits per heavy atom. The predicted molar refractivity (Wildman–Crippen MR) is 132 cm³/mol. The number of hydrogen-bond acceptors (Lipinski definition) is 9. The highest BCUT2D eigenvalue weighted by Crippen LogP contribution is 2.39. The van der Waals surface area contributed by atoms with Gasteiger partial charge in [0.2, 0.25) is 0 Å². The fourth-order valence-electron chi connectivity index (χ4n) is 3.39. The Kier molecular flexibility index (Phi) is 7.28. The Labute approximate surface area is 201 Å². The average Bonchev–Trinajstić information content (AvgIpc) is 3.22. The molecular formula is C21H25FN6O4S2. The second-order valence-corrected chi connectivity index (χ2v) is 11.2. The lowest BCUT2D eigenvalue weighted by Crippen LogP contribution is -2.44. The van der Waals surface area contributed by atoms with Gasteiger partial charge >= 0.3 is 6.03 Å². The fourth-order valence-corrected chi connectivity index (χ4v) is 4.84. The van der Waals surface area contributed by atoms with Crippen molar-refractivity contribution in [2.24, 2.45) is 0 Å². The molecule has 2 amide bonds. The molecule has 3 heterocycles. The Hall–Kier alpha value is -2.84. The van der Waals surface area contributed by atoms with Crippen LogP contribution in [-0.4, -0.2) is 62.1 Å². The number of carbonyl (C=O) groups is 1. The van der Waals surface area contributed by atoms with Gasteiger partial charge in [-0.1, -0.05) is 11.3 Å². The van der Waals surface area contributed by atoms with Crippen LogP contribution in [-0.2, 0) is 10.5 Å². The van der Waals surface area contributed by atoms with Crippen molar-refractivity contribution in [3.63, 3.8) is 0 Å². The van der Waals surface area contributed by atoms with E-state index < -0.39 is 22.4 Å². The van der Waals surface area contributed by atoms with Gasteiger partial charge in [0, 0.05) is 24.6 Å². The number of morpholine rings is 1. The number of hydrogen-bond donors (Lipinski definition) is 4. The van der Waals surface area contributed by atoms with Crippen LogP contribution in [0.15, 0.2) is 36.5 Å². The molecule has 4 rings (SSSR count). The number of thiazole rings is 1. The number of anilines is 3. The van der Waals surface area contributed by atoms with E-state index in [9.17, 15) is 18.3 Å². The Morgan fingerprint density at radius 1 is 1.29 bits per heavy atom. The molecule has 0 bridgehead atoms. The first kappa shape index (κ1) is 24.3. The molecule has 1 aliphatic heterocycles. The summed E-state index contributed by atoms with van der Waals surface area (Å²) in [6.07, 6.45) is 2.92. The summed E-state index contributed by atoms with van der Waals surface area (Å²) >= 11 is 1.18. The second kappa shape index (κ2) is 10.2. The van der Waals surface area contributed by atoms with Crippen LogP contribution in [0.5, 0.6) is 0 Å². The Balaban J connectivity index is 1.55. The monoisotopic (exact) mass is 508 g/mol. The lowest BCUT2D eigenvalue weighted by atomic mass is 10.2. The first-order valence-electron chi connectivity index (χ1n) is 10.4. The maximum Gasteiger partial charge on any atom is 0.325 e. The van der Waals surface area contributed by atoms with Crippen LogP contribution < -0.4 is 15.5 Å². The quantitative estimate of drug-likeness (QED) is 0.383. The minimum absolute atomic E-state index is 0.00176. The van der Waals surface area contributed by atoms with Gasteiger partial charge in [0.15, 0.2) is 11.0 Å². The van der Waals surface area contributed by atoms with Crippen molar-refractivity contribution in [1.82, 2.24) is 15.0 Å². The minimum Gasteiger partial charge on any atom is -0.377 e. The fraction of sp³-hybridized carbons (Fsp3) is 0.333. The number of carbonyl (C=O) groups excluding carboxylic acids is 1. The molecule has 34 heavy (non-hydrogen) atoms. The van der Waals surface area contributed by atoms with E-state index in [2.05, 4.69) is 30.5 Å². The molecule has 0 saturated carbocycles. The number of halogens is 1. The molecule has 3 aromatic rings. The van der Waals surface area contributed by atoms with Gasteiger partial charge in [-0.25, -0.2) is 24.1 Å². The van der Waals surface area contributed by atoms with Crippen LogP contribution in [0.2, 0.25) is 0 Å². The highest BCUT2D eigenvalue weighted by molar-refractivity contribution is 8.23. The summed E-state index contributed by atoms with van der Waals surface area (Å²) in [6, 6.07) is 6.74. The van der Waals surface area contributed by atoms with E-state index in [0.717, 1.165) is 0 Å². The van der Waals surface area contributed by atoms with Gasteiger partial charge in [0.05, 0.1) is 41.8 Å². The third-order valence-corrected chi connectivity index (χ3v) is 6.65. The van der Waals surface area contributed by atoms with Crippen molar-refractivity contribution in [3.05, 3.63) is 48.0 Å². The van der Waals surface area contributed by atoms with Crippen molar-refractivity contribution in [3.8, 4) is 10.7 Å². The van der Waals surface area contributed by atoms with Crippen molar-refractivity contribution in [1.29, 1.82) is 0 Å². The van der Waals surface area contributed by atoms with Gasteiger partial charge in [-0.3, -0.25) is 14.4 Å². The highest BCUT2D eigenvalue weighted by Gasteiger charge is 2.23. The van der Waals surface area contributed by atoms with Gasteiger partial charge in [-0.05, 0) is 31.2 Å². The van der Waals surface area contributed by atoms with Gasteiger partial charge in [0.1, 0.15) is 11.6 Å². The number of nitrogens with zero attached hydrogens (tertiary/aromatic N) is 4. The molecule has 1 saturated heterocycles. The molecule has 1 atom stereocenters. The molecule has 182 valence electrons. The van der Waals surface area contributed by atoms with E-state index in [-0.39, 0.29) is 11.8 Å². The van der Waals surface area contributed by atoms with Crippen molar-refractivity contribution < 1.29 is 23.0 Å². The summed E-state index contributed by atoms with van der Waals surface area (Å²) in [5.74, 6) is 0.641. The number of benzene rings is 1. The first-order chi connectivity index (χ1) is 16.2. The summed E-state index contributed by atoms with van der Waals surface area (Å²) < 4.78 is 38.5. The number of urea groups is 1. The van der Waals surface area contributed by atoms with Gasteiger partial charge in [-0.15, -0.1) is 0 Å². The highest BCUT2D eigenvalue weighted by atomic mass is 32.3. The predicted octanol–water partition coefficient (Wildman–Crippen LogP) is 4.49. The van der Waals surface area contributed by atoms with Crippen LogP contribution >= 0.6 is 21.9 Å². The molecule has 0 aliphatic carbocycles. The third kappa shape index (κ3) is 6.39. The standard InChI is InChI=1S/C21H25FN6O4S2/c1-13-11-32-8-7-28(13)18-9-16(12-34(2,30)31)24-19(26-18)17-10-23-21(33-17)27-20(29)25-15-5-3-14(22)4-6-15/h3-6,9-10,13,30-31H,7-8,11-12H2,1-2H3,(H2,23,25,27,29)/t13-/m0/s1. The summed E-state index contributed by atoms with van der Waals surface area (Å²) in [5.41, 5.74) is 0.938. The van der Waals surface area contributed by atoms with Gasteiger partial charge in [0.25, 0.3) is 0 Å². The minimum atomic E-state index is -2.81. The zero-order valence-corrected chi connectivity index (χ0v) is 20.2. The zero-order valence-electron chi connectivity index (χ0n) is 18.6. The first-order valence-corrected chi connectivity index (χ1v) is 13.3. The largest absolute Gasteiger partial charge is 0.377 e. The summed E-state index contributed by atoms with van der Waals surface area (Å²) in [5, 5.41) is 5.57. The molecular weight excluding hydrogens is 483 g/mol. The third-order valence-electron chi connectivity index (χ3n) is 4.90.